The number of nitrogens with zero attached hydrogens (tertiary/aromatic N) is 1. The molecule has 0 saturated heterocycles. The molecule has 1 aliphatic rings. The fourth-order valence-corrected chi connectivity index (χ4v) is 3.74. The Morgan fingerprint density at radius 2 is 2.05 bits per heavy atom. The lowest BCUT2D eigenvalue weighted by Gasteiger charge is -2.36. The average Bonchev–Trinajstić information content (AvgIpc) is 2.70. The van der Waals surface area contributed by atoms with Crippen LogP contribution in [0.15, 0.2) is 30.3 Å². The van der Waals surface area contributed by atoms with Gasteiger partial charge in [-0.2, -0.15) is 0 Å². The molecule has 0 aromatic heterocycles. The first-order valence-corrected chi connectivity index (χ1v) is 8.89. The minimum Gasteiger partial charge on any atom is -0.315 e. The minimum atomic E-state index is 0.0828. The van der Waals surface area contributed by atoms with Gasteiger partial charge in [0.05, 0.1) is 6.04 Å². The van der Waals surface area contributed by atoms with E-state index in [0.717, 1.165) is 31.4 Å². The number of nitrogens with one attached hydrogen (secondary N) is 1. The number of hydrogen-bond acceptors (Lipinski definition) is 2. The van der Waals surface area contributed by atoms with Gasteiger partial charge in [-0.05, 0) is 44.9 Å². The van der Waals surface area contributed by atoms with Crippen LogP contribution in [0.5, 0.6) is 0 Å². The van der Waals surface area contributed by atoms with E-state index in [0.29, 0.717) is 12.3 Å². The van der Waals surface area contributed by atoms with E-state index in [1.807, 2.05) is 42.3 Å². The Balaban J connectivity index is 2.31. The van der Waals surface area contributed by atoms with E-state index in [9.17, 15) is 4.79 Å². The number of carbonyl (C=O) groups is 1. The largest absolute Gasteiger partial charge is 0.315 e. The molecule has 1 N–H and O–H groups in total. The predicted molar refractivity (Wildman–Crippen MR) is 94.0 cm³/mol. The van der Waals surface area contributed by atoms with Crippen LogP contribution >= 0.6 is 23.2 Å². The molecule has 1 aliphatic carbocycles. The van der Waals surface area contributed by atoms with E-state index in [1.54, 1.807) is 0 Å². The van der Waals surface area contributed by atoms with Gasteiger partial charge in [-0.25, -0.2) is 0 Å². The summed E-state index contributed by atoms with van der Waals surface area (Å²) in [7, 11) is 1.95. The summed E-state index contributed by atoms with van der Waals surface area (Å²) in [5.74, 6) is 0.427. The average molecular weight is 343 g/mol. The second kappa shape index (κ2) is 8.76. The quantitative estimate of drug-likeness (QED) is 0.652. The first kappa shape index (κ1) is 17.6. The van der Waals surface area contributed by atoms with Crippen LogP contribution in [0.1, 0.15) is 32.1 Å². The van der Waals surface area contributed by atoms with Crippen molar-refractivity contribution in [3.63, 3.8) is 0 Å². The van der Waals surface area contributed by atoms with Crippen LogP contribution in [-0.4, -0.2) is 36.3 Å². The number of halogens is 2. The molecule has 3 atom stereocenters. The van der Waals surface area contributed by atoms with Gasteiger partial charge in [-0.15, -0.1) is 23.2 Å². The normalized spacial score (nSPS) is 25.5. The maximum Gasteiger partial charge on any atom is 0.228 e. The van der Waals surface area contributed by atoms with Crippen LogP contribution in [0.25, 0.3) is 0 Å². The van der Waals surface area contributed by atoms with Crippen LogP contribution in [-0.2, 0) is 4.79 Å². The Morgan fingerprint density at radius 3 is 2.68 bits per heavy atom. The number of rotatable bonds is 5. The number of hydrogen-bond donors (Lipinski definition) is 1. The maximum absolute atomic E-state index is 12.7. The van der Waals surface area contributed by atoms with Gasteiger partial charge in [0.15, 0.2) is 0 Å². The molecule has 1 aromatic rings. The first-order valence-electron chi connectivity index (χ1n) is 7.91. The van der Waals surface area contributed by atoms with Gasteiger partial charge in [0.25, 0.3) is 0 Å². The maximum atomic E-state index is 12.7. The van der Waals surface area contributed by atoms with Crippen LogP contribution in [0.4, 0.5) is 5.69 Å². The summed E-state index contributed by atoms with van der Waals surface area (Å²) in [6.07, 6.45) is 4.22. The highest BCUT2D eigenvalue weighted by atomic mass is 35.5. The number of alkyl halides is 2. The zero-order chi connectivity index (χ0) is 15.9. The number of anilines is 1. The summed E-state index contributed by atoms with van der Waals surface area (Å²) in [5.41, 5.74) is 0.941. The molecule has 1 aromatic carbocycles. The SMILES string of the molecule is CN[C@@H]1CC(Cl)CCC[C@H]1N(C(=O)CCCl)c1ccccc1. The number of likely N-dealkylation sites (N-methyl/N-ethyl adjacent to an activating group) is 1. The summed E-state index contributed by atoms with van der Waals surface area (Å²) in [6.45, 7) is 0. The molecular weight excluding hydrogens is 319 g/mol. The topological polar surface area (TPSA) is 32.3 Å². The predicted octanol–water partition coefficient (Wildman–Crippen LogP) is 3.79. The van der Waals surface area contributed by atoms with Crippen molar-refractivity contribution < 1.29 is 4.79 Å². The second-order valence-electron chi connectivity index (χ2n) is 5.76. The lowest BCUT2D eigenvalue weighted by atomic mass is 10.00. The zero-order valence-electron chi connectivity index (χ0n) is 13.0. The first-order chi connectivity index (χ1) is 10.7. The summed E-state index contributed by atoms with van der Waals surface area (Å²) >= 11 is 12.2. The Hall–Kier alpha value is -0.770. The molecule has 0 aliphatic heterocycles. The third-order valence-corrected chi connectivity index (χ3v) is 4.89. The van der Waals surface area contributed by atoms with Gasteiger partial charge in [0.1, 0.15) is 0 Å². The Morgan fingerprint density at radius 1 is 1.32 bits per heavy atom. The number of benzene rings is 1. The lowest BCUT2D eigenvalue weighted by molar-refractivity contribution is -0.118. The lowest BCUT2D eigenvalue weighted by Crippen LogP contribution is -2.52. The molecule has 1 amide bonds. The van der Waals surface area contributed by atoms with Crippen molar-refractivity contribution in [2.75, 3.05) is 17.8 Å². The standard InChI is InChI=1S/C17H24Cl2N2O/c1-20-15-12-13(19)6-5-9-16(15)21(17(22)10-11-18)14-7-3-2-4-8-14/h2-4,7-8,13,15-16,20H,5-6,9-12H2,1H3/t13?,15-,16-/m1/s1. The van der Waals surface area contributed by atoms with Gasteiger partial charge in [-0.3, -0.25) is 4.79 Å². The molecule has 22 heavy (non-hydrogen) atoms. The molecule has 2 rings (SSSR count). The summed E-state index contributed by atoms with van der Waals surface area (Å²) in [4.78, 5) is 14.6. The molecule has 5 heteroatoms. The molecule has 3 nitrogen and oxygen atoms in total. The molecule has 0 spiro atoms. The van der Waals surface area contributed by atoms with Gasteiger partial charge in [0.2, 0.25) is 5.91 Å². The van der Waals surface area contributed by atoms with E-state index in [1.165, 1.54) is 0 Å². The van der Waals surface area contributed by atoms with E-state index in [2.05, 4.69) is 5.32 Å². The van der Waals surface area contributed by atoms with Crippen LogP contribution < -0.4 is 10.2 Å². The van der Waals surface area contributed by atoms with Gasteiger partial charge < -0.3 is 10.2 Å². The molecule has 1 unspecified atom stereocenters. The molecule has 0 bridgehead atoms. The van der Waals surface area contributed by atoms with Crippen LogP contribution in [0.3, 0.4) is 0 Å². The van der Waals surface area contributed by atoms with Crippen LogP contribution in [0, 0.1) is 0 Å². The van der Waals surface area contributed by atoms with Crippen molar-refractivity contribution in [1.29, 1.82) is 0 Å². The highest BCUT2D eigenvalue weighted by Gasteiger charge is 2.33. The minimum absolute atomic E-state index is 0.0828. The molecule has 1 fully saturated rings. The molecular formula is C17H24Cl2N2O. The zero-order valence-corrected chi connectivity index (χ0v) is 14.5. The summed E-state index contributed by atoms with van der Waals surface area (Å²) < 4.78 is 0. The number of amides is 1. The molecule has 122 valence electrons. The van der Waals surface area contributed by atoms with E-state index in [4.69, 9.17) is 23.2 Å². The van der Waals surface area contributed by atoms with E-state index in [-0.39, 0.29) is 23.4 Å². The van der Waals surface area contributed by atoms with Gasteiger partial charge in [0, 0.05) is 29.4 Å². The highest BCUT2D eigenvalue weighted by Crippen LogP contribution is 2.29. The smallest absolute Gasteiger partial charge is 0.228 e. The summed E-state index contributed by atoms with van der Waals surface area (Å²) in [5, 5.41) is 3.53. The molecule has 0 radical (unpaired) electrons. The highest BCUT2D eigenvalue weighted by molar-refractivity contribution is 6.20. The Kier molecular flexibility index (Phi) is 7.00. The van der Waals surface area contributed by atoms with Crippen molar-refractivity contribution in [3.05, 3.63) is 30.3 Å². The fourth-order valence-electron chi connectivity index (χ4n) is 3.23. The third kappa shape index (κ3) is 4.37. The Bertz CT molecular complexity index is 469. The monoisotopic (exact) mass is 342 g/mol. The number of carbonyl (C=O) groups excluding carboxylic acids is 1. The van der Waals surface area contributed by atoms with Gasteiger partial charge in [-0.1, -0.05) is 18.2 Å². The van der Waals surface area contributed by atoms with Crippen molar-refractivity contribution in [2.45, 2.75) is 49.6 Å². The number of para-hydroxylation sites is 1. The van der Waals surface area contributed by atoms with Crippen LogP contribution in [0.2, 0.25) is 0 Å². The van der Waals surface area contributed by atoms with Crippen molar-refractivity contribution >= 4 is 34.8 Å². The van der Waals surface area contributed by atoms with Crippen molar-refractivity contribution in [3.8, 4) is 0 Å². The van der Waals surface area contributed by atoms with E-state index < -0.39 is 0 Å². The van der Waals surface area contributed by atoms with Gasteiger partial charge >= 0.3 is 0 Å². The van der Waals surface area contributed by atoms with E-state index >= 15 is 0 Å². The molecule has 1 saturated carbocycles. The fraction of sp³-hybridized carbons (Fsp3) is 0.588. The summed E-state index contributed by atoms with van der Waals surface area (Å²) in [6, 6.07) is 10.2. The Labute approximate surface area is 143 Å². The third-order valence-electron chi connectivity index (χ3n) is 4.31. The van der Waals surface area contributed by atoms with Crippen molar-refractivity contribution in [2.24, 2.45) is 0 Å². The van der Waals surface area contributed by atoms with Crippen molar-refractivity contribution in [1.82, 2.24) is 5.32 Å². The molecule has 0 heterocycles. The second-order valence-corrected chi connectivity index (χ2v) is 6.76.